The fourth-order valence-electron chi connectivity index (χ4n) is 3.06. The molecule has 0 saturated carbocycles. The van der Waals surface area contributed by atoms with Crippen molar-refractivity contribution in [3.63, 3.8) is 0 Å². The van der Waals surface area contributed by atoms with E-state index in [0.717, 1.165) is 29.0 Å². The predicted molar refractivity (Wildman–Crippen MR) is 119 cm³/mol. The molecule has 2 aromatic carbocycles. The summed E-state index contributed by atoms with van der Waals surface area (Å²) in [5.74, 6) is -0.310. The minimum absolute atomic E-state index is 0.0407. The zero-order valence-electron chi connectivity index (χ0n) is 16.7. The van der Waals surface area contributed by atoms with E-state index in [1.807, 2.05) is 6.92 Å². The van der Waals surface area contributed by atoms with Gasteiger partial charge in [0.05, 0.1) is 11.4 Å². The Morgan fingerprint density at radius 3 is 2.24 bits per heavy atom. The van der Waals surface area contributed by atoms with Crippen molar-refractivity contribution in [2.45, 2.75) is 32.4 Å². The van der Waals surface area contributed by atoms with E-state index in [2.05, 4.69) is 41.5 Å². The van der Waals surface area contributed by atoms with Gasteiger partial charge in [0, 0.05) is 22.3 Å². The molecule has 0 saturated heterocycles. The standard InChI is InChI=1S/C22H24N2O3S2/c1-4-5-16-6-10-18(11-7-16)20-15(2)28-22(23-20)24-21(25)19-12-8-17(9-13-19)14-29(3,26)27/h6-13H,4-5,14H2,1-3H3,(H,23,24,25). The maximum absolute atomic E-state index is 12.5. The molecular weight excluding hydrogens is 404 g/mol. The maximum Gasteiger partial charge on any atom is 0.257 e. The molecule has 0 spiro atoms. The maximum atomic E-state index is 12.5. The van der Waals surface area contributed by atoms with Crippen LogP contribution in [0.3, 0.4) is 0 Å². The van der Waals surface area contributed by atoms with Crippen LogP contribution in [0.25, 0.3) is 11.3 Å². The van der Waals surface area contributed by atoms with Crippen LogP contribution in [-0.4, -0.2) is 25.6 Å². The lowest BCUT2D eigenvalue weighted by Crippen LogP contribution is -2.11. The first-order chi connectivity index (χ1) is 13.7. The number of carbonyl (C=O) groups excluding carboxylic acids is 1. The van der Waals surface area contributed by atoms with E-state index in [0.29, 0.717) is 16.3 Å². The van der Waals surface area contributed by atoms with Crippen LogP contribution in [0, 0.1) is 6.92 Å². The van der Waals surface area contributed by atoms with Crippen LogP contribution in [0.5, 0.6) is 0 Å². The van der Waals surface area contributed by atoms with Crippen molar-refractivity contribution in [3.8, 4) is 11.3 Å². The van der Waals surface area contributed by atoms with Crippen molar-refractivity contribution in [1.82, 2.24) is 4.98 Å². The predicted octanol–water partition coefficient (Wildman–Crippen LogP) is 4.87. The van der Waals surface area contributed by atoms with Gasteiger partial charge in [0.15, 0.2) is 15.0 Å². The van der Waals surface area contributed by atoms with Gasteiger partial charge < -0.3 is 0 Å². The van der Waals surface area contributed by atoms with E-state index in [4.69, 9.17) is 0 Å². The lowest BCUT2D eigenvalue weighted by atomic mass is 10.1. The van der Waals surface area contributed by atoms with Gasteiger partial charge in [0.1, 0.15) is 0 Å². The Labute approximate surface area is 175 Å². The Balaban J connectivity index is 1.72. The number of sulfone groups is 1. The zero-order valence-corrected chi connectivity index (χ0v) is 18.4. The summed E-state index contributed by atoms with van der Waals surface area (Å²) in [6.07, 6.45) is 3.36. The number of nitrogens with zero attached hydrogens (tertiary/aromatic N) is 1. The van der Waals surface area contributed by atoms with Crippen molar-refractivity contribution in [1.29, 1.82) is 0 Å². The van der Waals surface area contributed by atoms with Crippen molar-refractivity contribution in [2.24, 2.45) is 0 Å². The van der Waals surface area contributed by atoms with E-state index >= 15 is 0 Å². The number of aryl methyl sites for hydroxylation is 2. The molecule has 0 aliphatic rings. The Hall–Kier alpha value is -2.51. The molecule has 0 unspecified atom stereocenters. The smallest absolute Gasteiger partial charge is 0.257 e. The summed E-state index contributed by atoms with van der Waals surface area (Å²) in [6, 6.07) is 15.0. The van der Waals surface area contributed by atoms with Crippen molar-refractivity contribution in [3.05, 3.63) is 70.1 Å². The third kappa shape index (κ3) is 5.74. The fraction of sp³-hybridized carbons (Fsp3) is 0.273. The molecule has 1 aromatic heterocycles. The molecule has 3 rings (SSSR count). The lowest BCUT2D eigenvalue weighted by Gasteiger charge is -2.04. The summed E-state index contributed by atoms with van der Waals surface area (Å²) in [7, 11) is -3.10. The Morgan fingerprint density at radius 2 is 1.66 bits per heavy atom. The Kier molecular flexibility index (Phi) is 6.49. The molecular formula is C22H24N2O3S2. The number of amides is 1. The molecule has 7 heteroatoms. The second kappa shape index (κ2) is 8.88. The number of benzene rings is 2. The molecule has 5 nitrogen and oxygen atoms in total. The summed E-state index contributed by atoms with van der Waals surface area (Å²) in [5.41, 5.74) is 4.32. The minimum atomic E-state index is -3.10. The van der Waals surface area contributed by atoms with Crippen molar-refractivity contribution in [2.75, 3.05) is 11.6 Å². The number of nitrogens with one attached hydrogen (secondary N) is 1. The highest BCUT2D eigenvalue weighted by Gasteiger charge is 2.14. The minimum Gasteiger partial charge on any atom is -0.298 e. The number of rotatable bonds is 7. The van der Waals surface area contributed by atoms with Gasteiger partial charge in [0.2, 0.25) is 0 Å². The molecule has 3 aromatic rings. The first kappa shape index (κ1) is 21.2. The average Bonchev–Trinajstić information content (AvgIpc) is 3.02. The lowest BCUT2D eigenvalue weighted by molar-refractivity contribution is 0.102. The van der Waals surface area contributed by atoms with Crippen molar-refractivity contribution >= 4 is 32.2 Å². The van der Waals surface area contributed by atoms with E-state index < -0.39 is 9.84 Å². The summed E-state index contributed by atoms with van der Waals surface area (Å²) in [5, 5.41) is 3.38. The Bertz CT molecular complexity index is 1100. The third-order valence-electron chi connectivity index (χ3n) is 4.43. The normalized spacial score (nSPS) is 11.4. The first-order valence-corrected chi connectivity index (χ1v) is 12.3. The summed E-state index contributed by atoms with van der Waals surface area (Å²) in [4.78, 5) is 18.2. The molecule has 152 valence electrons. The van der Waals surface area contributed by atoms with Gasteiger partial charge in [-0.1, -0.05) is 49.7 Å². The van der Waals surface area contributed by atoms with E-state index in [-0.39, 0.29) is 11.7 Å². The molecule has 1 amide bonds. The van der Waals surface area contributed by atoms with Crippen LogP contribution in [0.15, 0.2) is 48.5 Å². The third-order valence-corrected chi connectivity index (χ3v) is 6.17. The van der Waals surface area contributed by atoms with E-state index in [9.17, 15) is 13.2 Å². The van der Waals surface area contributed by atoms with E-state index in [1.54, 1.807) is 24.3 Å². The van der Waals surface area contributed by atoms with Gasteiger partial charge >= 0.3 is 0 Å². The molecule has 0 radical (unpaired) electrons. The molecule has 0 aliphatic carbocycles. The van der Waals surface area contributed by atoms with Crippen molar-refractivity contribution < 1.29 is 13.2 Å². The van der Waals surface area contributed by atoms with Gasteiger partial charge in [0.25, 0.3) is 5.91 Å². The van der Waals surface area contributed by atoms with Gasteiger partial charge in [-0.3, -0.25) is 10.1 Å². The van der Waals surface area contributed by atoms with Gasteiger partial charge in [-0.15, -0.1) is 11.3 Å². The zero-order chi connectivity index (χ0) is 21.0. The first-order valence-electron chi connectivity index (χ1n) is 9.40. The second-order valence-corrected chi connectivity index (χ2v) is 10.4. The van der Waals surface area contributed by atoms with Crippen LogP contribution in [0.1, 0.15) is 39.7 Å². The molecule has 0 fully saturated rings. The van der Waals surface area contributed by atoms with Crippen LogP contribution >= 0.6 is 11.3 Å². The number of anilines is 1. The van der Waals surface area contributed by atoms with Gasteiger partial charge in [-0.25, -0.2) is 13.4 Å². The van der Waals surface area contributed by atoms with Crippen LogP contribution < -0.4 is 5.32 Å². The number of aromatic nitrogens is 1. The molecule has 1 heterocycles. The van der Waals surface area contributed by atoms with Crippen LogP contribution in [-0.2, 0) is 22.0 Å². The number of hydrogen-bond donors (Lipinski definition) is 1. The fourth-order valence-corrected chi connectivity index (χ4v) is 4.69. The second-order valence-electron chi connectivity index (χ2n) is 7.09. The monoisotopic (exact) mass is 428 g/mol. The topological polar surface area (TPSA) is 76.1 Å². The molecule has 0 aliphatic heterocycles. The van der Waals surface area contributed by atoms with Crippen LogP contribution in [0.4, 0.5) is 5.13 Å². The van der Waals surface area contributed by atoms with E-state index in [1.165, 1.54) is 23.2 Å². The summed E-state index contributed by atoms with van der Waals surface area (Å²) < 4.78 is 22.8. The Morgan fingerprint density at radius 1 is 1.03 bits per heavy atom. The quantitative estimate of drug-likeness (QED) is 0.583. The molecule has 29 heavy (non-hydrogen) atoms. The highest BCUT2D eigenvalue weighted by atomic mass is 32.2. The number of thiazole rings is 1. The molecule has 0 atom stereocenters. The highest BCUT2D eigenvalue weighted by Crippen LogP contribution is 2.31. The van der Waals surface area contributed by atoms with Gasteiger partial charge in [-0.05, 0) is 36.6 Å². The molecule has 1 N–H and O–H groups in total. The highest BCUT2D eigenvalue weighted by molar-refractivity contribution is 7.89. The average molecular weight is 429 g/mol. The van der Waals surface area contributed by atoms with Crippen LogP contribution in [0.2, 0.25) is 0 Å². The molecule has 0 bridgehead atoms. The SMILES string of the molecule is CCCc1ccc(-c2nc(NC(=O)c3ccc(CS(C)(=O)=O)cc3)sc2C)cc1. The largest absolute Gasteiger partial charge is 0.298 e. The number of hydrogen-bond acceptors (Lipinski definition) is 5. The van der Waals surface area contributed by atoms with Gasteiger partial charge in [-0.2, -0.15) is 0 Å². The number of carbonyl (C=O) groups is 1. The summed E-state index contributed by atoms with van der Waals surface area (Å²) in [6.45, 7) is 4.15. The summed E-state index contributed by atoms with van der Waals surface area (Å²) >= 11 is 1.44.